The summed E-state index contributed by atoms with van der Waals surface area (Å²) in [7, 11) is 0. The van der Waals surface area contributed by atoms with Crippen LogP contribution in [0.2, 0.25) is 0 Å². The van der Waals surface area contributed by atoms with Gasteiger partial charge in [-0.25, -0.2) is 0 Å². The molecule has 0 saturated heterocycles. The molecule has 0 amide bonds. The van der Waals surface area contributed by atoms with Crippen LogP contribution in [0.15, 0.2) is 36.5 Å². The van der Waals surface area contributed by atoms with Gasteiger partial charge >= 0.3 is 6.18 Å². The van der Waals surface area contributed by atoms with Crippen LogP contribution in [0.1, 0.15) is 27.2 Å². The molecule has 2 aromatic rings. The molecule has 0 aliphatic rings. The maximum atomic E-state index is 12.6. The van der Waals surface area contributed by atoms with E-state index < -0.39 is 17.5 Å². The molecule has 0 atom stereocenters. The van der Waals surface area contributed by atoms with Crippen LogP contribution in [0, 0.1) is 6.92 Å². The maximum absolute atomic E-state index is 12.6. The minimum Gasteiger partial charge on any atom is -0.397 e. The van der Waals surface area contributed by atoms with Gasteiger partial charge < -0.3 is 5.73 Å². The molecular weight excluding hydrogens is 269 g/mol. The molecule has 0 aliphatic heterocycles. The summed E-state index contributed by atoms with van der Waals surface area (Å²) in [5.41, 5.74) is 5.68. The van der Waals surface area contributed by atoms with E-state index in [0.717, 1.165) is 12.1 Å². The summed E-state index contributed by atoms with van der Waals surface area (Å²) in [5, 5.41) is 0. The Morgan fingerprint density at radius 1 is 1.20 bits per heavy atom. The molecule has 1 aromatic carbocycles. The molecule has 1 heterocycles. The Bertz CT molecular complexity index is 648. The lowest BCUT2D eigenvalue weighted by Crippen LogP contribution is -2.10. The van der Waals surface area contributed by atoms with Crippen LogP contribution in [0.4, 0.5) is 18.9 Å². The largest absolute Gasteiger partial charge is 0.416 e. The van der Waals surface area contributed by atoms with Gasteiger partial charge in [-0.1, -0.05) is 6.07 Å². The van der Waals surface area contributed by atoms with Gasteiger partial charge in [0.25, 0.3) is 0 Å². The zero-order valence-electron chi connectivity index (χ0n) is 10.5. The van der Waals surface area contributed by atoms with E-state index in [0.29, 0.717) is 5.69 Å². The predicted molar refractivity (Wildman–Crippen MR) is 68.3 cm³/mol. The first-order chi connectivity index (χ1) is 9.29. The topological polar surface area (TPSA) is 56.0 Å². The van der Waals surface area contributed by atoms with E-state index in [1.54, 1.807) is 0 Å². The first-order valence-corrected chi connectivity index (χ1v) is 5.73. The molecule has 0 spiro atoms. The van der Waals surface area contributed by atoms with Crippen LogP contribution in [-0.2, 0) is 6.18 Å². The number of carbonyl (C=O) groups is 1. The molecule has 0 unspecified atom stereocenters. The van der Waals surface area contributed by atoms with Crippen LogP contribution in [0.3, 0.4) is 0 Å². The van der Waals surface area contributed by atoms with Crippen molar-refractivity contribution in [1.82, 2.24) is 4.98 Å². The zero-order valence-corrected chi connectivity index (χ0v) is 10.5. The molecule has 0 fully saturated rings. The van der Waals surface area contributed by atoms with Crippen molar-refractivity contribution < 1.29 is 18.0 Å². The summed E-state index contributed by atoms with van der Waals surface area (Å²) in [6.07, 6.45) is -3.10. The summed E-state index contributed by atoms with van der Waals surface area (Å²) >= 11 is 0. The number of benzene rings is 1. The van der Waals surface area contributed by atoms with Crippen molar-refractivity contribution in [2.45, 2.75) is 13.1 Å². The Morgan fingerprint density at radius 3 is 2.40 bits per heavy atom. The lowest BCUT2D eigenvalue weighted by Gasteiger charge is -2.10. The van der Waals surface area contributed by atoms with Gasteiger partial charge in [-0.2, -0.15) is 13.2 Å². The maximum Gasteiger partial charge on any atom is 0.416 e. The number of anilines is 1. The number of rotatable bonds is 2. The zero-order chi connectivity index (χ0) is 14.9. The Hall–Kier alpha value is -2.37. The summed E-state index contributed by atoms with van der Waals surface area (Å²) < 4.78 is 37.7. The number of hydrogen-bond donors (Lipinski definition) is 1. The van der Waals surface area contributed by atoms with Gasteiger partial charge in [-0.05, 0) is 36.8 Å². The number of halogens is 3. The van der Waals surface area contributed by atoms with Crippen molar-refractivity contribution in [3.05, 3.63) is 58.9 Å². The van der Waals surface area contributed by atoms with E-state index in [-0.39, 0.29) is 16.8 Å². The van der Waals surface area contributed by atoms with Crippen molar-refractivity contribution in [2.24, 2.45) is 0 Å². The summed E-state index contributed by atoms with van der Waals surface area (Å²) in [6, 6.07) is 5.95. The molecule has 20 heavy (non-hydrogen) atoms. The smallest absolute Gasteiger partial charge is 0.397 e. The molecule has 3 nitrogen and oxygen atoms in total. The number of carbonyl (C=O) groups excluding carboxylic acids is 1. The second-order valence-corrected chi connectivity index (χ2v) is 4.33. The van der Waals surface area contributed by atoms with Crippen LogP contribution >= 0.6 is 0 Å². The predicted octanol–water partition coefficient (Wildman–Crippen LogP) is 3.22. The fourth-order valence-electron chi connectivity index (χ4n) is 1.77. The van der Waals surface area contributed by atoms with Crippen molar-refractivity contribution in [3.8, 4) is 0 Å². The fourth-order valence-corrected chi connectivity index (χ4v) is 1.77. The number of ketones is 1. The third-order valence-corrected chi connectivity index (χ3v) is 2.82. The van der Waals surface area contributed by atoms with Crippen LogP contribution < -0.4 is 5.73 Å². The average Bonchev–Trinajstić information content (AvgIpc) is 2.37. The number of nitrogens with zero attached hydrogens (tertiary/aromatic N) is 1. The van der Waals surface area contributed by atoms with Gasteiger partial charge in [0.2, 0.25) is 5.78 Å². The standard InChI is InChI=1S/C14H11F3N2O/c1-8-6-9(14(15,16)17)2-4-11(8)13(20)12-5-3-10(18)7-19-12/h2-7H,18H2,1H3. The minimum absolute atomic E-state index is 0.141. The summed E-state index contributed by atoms with van der Waals surface area (Å²) in [5.74, 6) is -0.434. The van der Waals surface area contributed by atoms with Gasteiger partial charge in [-0.15, -0.1) is 0 Å². The van der Waals surface area contributed by atoms with Crippen LogP contribution in [0.25, 0.3) is 0 Å². The number of pyridine rings is 1. The highest BCUT2D eigenvalue weighted by Gasteiger charge is 2.31. The van der Waals surface area contributed by atoms with E-state index in [4.69, 9.17) is 5.73 Å². The molecule has 0 radical (unpaired) electrons. The van der Waals surface area contributed by atoms with Crippen molar-refractivity contribution >= 4 is 11.5 Å². The third-order valence-electron chi connectivity index (χ3n) is 2.82. The highest BCUT2D eigenvalue weighted by molar-refractivity contribution is 6.08. The number of nitrogen functional groups attached to an aromatic ring is 1. The minimum atomic E-state index is -4.42. The van der Waals surface area contributed by atoms with Gasteiger partial charge in [0.15, 0.2) is 0 Å². The van der Waals surface area contributed by atoms with Crippen LogP contribution in [-0.4, -0.2) is 10.8 Å². The van der Waals surface area contributed by atoms with Gasteiger partial charge in [0, 0.05) is 5.56 Å². The second-order valence-electron chi connectivity index (χ2n) is 4.33. The molecule has 0 aliphatic carbocycles. The number of aryl methyl sites for hydroxylation is 1. The molecule has 2 rings (SSSR count). The molecule has 1 aromatic heterocycles. The normalized spacial score (nSPS) is 11.4. The van der Waals surface area contributed by atoms with E-state index >= 15 is 0 Å². The van der Waals surface area contributed by atoms with Gasteiger partial charge in [-0.3, -0.25) is 9.78 Å². The quantitative estimate of drug-likeness (QED) is 0.859. The summed E-state index contributed by atoms with van der Waals surface area (Å²) in [4.78, 5) is 16.0. The molecular formula is C14H11F3N2O. The molecule has 0 saturated carbocycles. The third kappa shape index (κ3) is 2.79. The first kappa shape index (κ1) is 14.0. The Balaban J connectivity index is 2.38. The molecule has 104 valence electrons. The lowest BCUT2D eigenvalue weighted by molar-refractivity contribution is -0.137. The highest BCUT2D eigenvalue weighted by atomic mass is 19.4. The van der Waals surface area contributed by atoms with Crippen LogP contribution in [0.5, 0.6) is 0 Å². The SMILES string of the molecule is Cc1cc(C(F)(F)F)ccc1C(=O)c1ccc(N)cn1. The molecule has 0 bridgehead atoms. The van der Waals surface area contributed by atoms with Gasteiger partial charge in [0.1, 0.15) is 5.69 Å². The summed E-state index contributed by atoms with van der Waals surface area (Å²) in [6.45, 7) is 1.46. The van der Waals surface area contributed by atoms with Crippen molar-refractivity contribution in [1.29, 1.82) is 0 Å². The number of nitrogens with two attached hydrogens (primary N) is 1. The Morgan fingerprint density at radius 2 is 1.90 bits per heavy atom. The van der Waals surface area contributed by atoms with E-state index in [2.05, 4.69) is 4.98 Å². The van der Waals surface area contributed by atoms with Crippen molar-refractivity contribution in [2.75, 3.05) is 5.73 Å². The second kappa shape index (κ2) is 4.96. The average molecular weight is 280 g/mol. The van der Waals surface area contributed by atoms with Crippen molar-refractivity contribution in [3.63, 3.8) is 0 Å². The molecule has 2 N–H and O–H groups in total. The Labute approximate surface area is 113 Å². The lowest BCUT2D eigenvalue weighted by atomic mass is 9.99. The van der Waals surface area contributed by atoms with Gasteiger partial charge in [0.05, 0.1) is 17.4 Å². The fraction of sp³-hybridized carbons (Fsp3) is 0.143. The Kier molecular flexibility index (Phi) is 3.48. The number of aromatic nitrogens is 1. The number of hydrogen-bond acceptors (Lipinski definition) is 3. The van der Waals surface area contributed by atoms with E-state index in [9.17, 15) is 18.0 Å². The molecule has 6 heteroatoms. The first-order valence-electron chi connectivity index (χ1n) is 5.73. The van der Waals surface area contributed by atoms with E-state index in [1.807, 2.05) is 0 Å². The highest BCUT2D eigenvalue weighted by Crippen LogP contribution is 2.30. The monoisotopic (exact) mass is 280 g/mol. The number of alkyl halides is 3. The van der Waals surface area contributed by atoms with E-state index in [1.165, 1.54) is 31.3 Å².